The second-order valence-electron chi connectivity index (χ2n) is 8.25. The Morgan fingerprint density at radius 1 is 1.26 bits per heavy atom. The van der Waals surface area contributed by atoms with Crippen molar-refractivity contribution in [2.45, 2.75) is 77.0 Å². The molecule has 0 bridgehead atoms. The number of carbonyl (C=O) groups excluding carboxylic acids is 1. The maximum atomic E-state index is 11.4. The lowest BCUT2D eigenvalue weighted by Crippen LogP contribution is -2.21. The zero-order valence-electron chi connectivity index (χ0n) is 18.7. The maximum absolute atomic E-state index is 11.4. The van der Waals surface area contributed by atoms with E-state index in [9.17, 15) is 9.90 Å². The molecule has 1 aromatic carbocycles. The van der Waals surface area contributed by atoms with Crippen molar-refractivity contribution in [3.8, 4) is 0 Å². The molecule has 1 aliphatic rings. The van der Waals surface area contributed by atoms with E-state index in [1.54, 1.807) is 0 Å². The molecule has 1 N–H and O–H groups in total. The standard InChI is InChI=1S/C24H32N2O5/c1-5-9-19(27)23-18(25-16-10-6-7-11-17(16)26-23)14-15-21-20(30-24(2,3)31-21)12-8-13-22(28)29-4/h6-7,10-11,14-15,19-21,27H,5,8-9,12-13H2,1-4H3/b15-14+. The molecule has 0 radical (unpaired) electrons. The lowest BCUT2D eigenvalue weighted by Gasteiger charge is -2.16. The van der Waals surface area contributed by atoms with E-state index in [0.29, 0.717) is 37.1 Å². The van der Waals surface area contributed by atoms with Crippen LogP contribution in [-0.2, 0) is 19.0 Å². The van der Waals surface area contributed by atoms with E-state index in [1.807, 2.05) is 57.2 Å². The van der Waals surface area contributed by atoms with Crippen LogP contribution in [0.2, 0.25) is 0 Å². The van der Waals surface area contributed by atoms with Crippen LogP contribution in [0.4, 0.5) is 0 Å². The monoisotopic (exact) mass is 428 g/mol. The third-order valence-electron chi connectivity index (χ3n) is 5.27. The van der Waals surface area contributed by atoms with Gasteiger partial charge in [0.1, 0.15) is 6.10 Å². The van der Waals surface area contributed by atoms with Crippen molar-refractivity contribution < 1.29 is 24.1 Å². The average molecular weight is 429 g/mol. The summed E-state index contributed by atoms with van der Waals surface area (Å²) >= 11 is 0. The number of hydrogen-bond acceptors (Lipinski definition) is 7. The van der Waals surface area contributed by atoms with Crippen LogP contribution in [0.25, 0.3) is 17.1 Å². The molecule has 2 aromatic rings. The Hall–Kier alpha value is -2.35. The highest BCUT2D eigenvalue weighted by molar-refractivity contribution is 5.75. The summed E-state index contributed by atoms with van der Waals surface area (Å²) in [6, 6.07) is 7.63. The van der Waals surface area contributed by atoms with E-state index >= 15 is 0 Å². The van der Waals surface area contributed by atoms with Gasteiger partial charge in [-0.05, 0) is 51.3 Å². The zero-order chi connectivity index (χ0) is 22.4. The van der Waals surface area contributed by atoms with Crippen LogP contribution in [0.5, 0.6) is 0 Å². The SMILES string of the molecule is CCCC(O)c1nc2ccccc2nc1/C=C/C1OC(C)(C)OC1CCCC(=O)OC. The van der Waals surface area contributed by atoms with Crippen LogP contribution in [0.15, 0.2) is 30.3 Å². The first-order chi connectivity index (χ1) is 14.8. The van der Waals surface area contributed by atoms with Gasteiger partial charge in [-0.1, -0.05) is 31.6 Å². The van der Waals surface area contributed by atoms with Crippen LogP contribution in [0.3, 0.4) is 0 Å². The fraction of sp³-hybridized carbons (Fsp3) is 0.542. The van der Waals surface area contributed by atoms with Gasteiger partial charge in [0.15, 0.2) is 5.79 Å². The smallest absolute Gasteiger partial charge is 0.305 e. The summed E-state index contributed by atoms with van der Waals surface area (Å²) in [5.41, 5.74) is 2.72. The Balaban J connectivity index is 1.83. The topological polar surface area (TPSA) is 90.8 Å². The highest BCUT2D eigenvalue weighted by Gasteiger charge is 2.39. The molecular weight excluding hydrogens is 396 g/mol. The van der Waals surface area contributed by atoms with Crippen LogP contribution in [-0.4, -0.2) is 46.1 Å². The van der Waals surface area contributed by atoms with Crippen molar-refractivity contribution in [2.24, 2.45) is 0 Å². The molecular formula is C24H32N2O5. The Labute approximate surface area is 183 Å². The number of fused-ring (bicyclic) bond motifs is 1. The number of aliphatic hydroxyl groups excluding tert-OH is 1. The largest absolute Gasteiger partial charge is 0.469 e. The third-order valence-corrected chi connectivity index (χ3v) is 5.27. The fourth-order valence-electron chi connectivity index (χ4n) is 3.79. The molecule has 0 spiro atoms. The van der Waals surface area contributed by atoms with Gasteiger partial charge in [0.05, 0.1) is 41.7 Å². The lowest BCUT2D eigenvalue weighted by atomic mass is 10.0. The summed E-state index contributed by atoms with van der Waals surface area (Å²) in [5, 5.41) is 10.6. The summed E-state index contributed by atoms with van der Waals surface area (Å²) in [6.07, 6.45) is 5.72. The molecule has 2 heterocycles. The number of rotatable bonds is 9. The Morgan fingerprint density at radius 3 is 2.65 bits per heavy atom. The van der Waals surface area contributed by atoms with E-state index in [-0.39, 0.29) is 18.2 Å². The van der Waals surface area contributed by atoms with Gasteiger partial charge >= 0.3 is 5.97 Å². The predicted octanol–water partition coefficient (Wildman–Crippen LogP) is 4.34. The first kappa shape index (κ1) is 23.3. The summed E-state index contributed by atoms with van der Waals surface area (Å²) in [6.45, 7) is 5.78. The first-order valence-corrected chi connectivity index (χ1v) is 10.9. The van der Waals surface area contributed by atoms with Crippen molar-refractivity contribution in [2.75, 3.05) is 7.11 Å². The molecule has 168 valence electrons. The van der Waals surface area contributed by atoms with Crippen molar-refractivity contribution in [1.29, 1.82) is 0 Å². The third kappa shape index (κ3) is 6.09. The maximum Gasteiger partial charge on any atom is 0.305 e. The number of hydrogen-bond donors (Lipinski definition) is 1. The van der Waals surface area contributed by atoms with Gasteiger partial charge in [0.25, 0.3) is 0 Å². The number of aliphatic hydroxyl groups is 1. The normalized spacial score (nSPS) is 21.6. The number of esters is 1. The van der Waals surface area contributed by atoms with Crippen molar-refractivity contribution >= 4 is 23.1 Å². The van der Waals surface area contributed by atoms with Gasteiger partial charge in [-0.3, -0.25) is 4.79 Å². The summed E-state index contributed by atoms with van der Waals surface area (Å²) in [4.78, 5) is 20.8. The number of nitrogens with zero attached hydrogens (tertiary/aromatic N) is 2. The van der Waals surface area contributed by atoms with Gasteiger partial charge in [0.2, 0.25) is 0 Å². The Bertz CT molecular complexity index is 927. The molecule has 0 saturated carbocycles. The summed E-state index contributed by atoms with van der Waals surface area (Å²) in [7, 11) is 1.39. The number of methoxy groups -OCH3 is 1. The highest BCUT2D eigenvalue weighted by atomic mass is 16.7. The number of benzene rings is 1. The van der Waals surface area contributed by atoms with Crippen molar-refractivity contribution in [1.82, 2.24) is 9.97 Å². The van der Waals surface area contributed by atoms with Gasteiger partial charge in [-0.2, -0.15) is 0 Å². The number of ether oxygens (including phenoxy) is 3. The minimum absolute atomic E-state index is 0.187. The molecule has 31 heavy (non-hydrogen) atoms. The highest BCUT2D eigenvalue weighted by Crippen LogP contribution is 2.32. The van der Waals surface area contributed by atoms with Gasteiger partial charge in [-0.15, -0.1) is 0 Å². The number of para-hydroxylation sites is 2. The minimum Gasteiger partial charge on any atom is -0.469 e. The van der Waals surface area contributed by atoms with Crippen molar-refractivity contribution in [3.05, 3.63) is 41.7 Å². The second kappa shape index (κ2) is 10.3. The Kier molecular flexibility index (Phi) is 7.75. The van der Waals surface area contributed by atoms with Crippen molar-refractivity contribution in [3.63, 3.8) is 0 Å². The van der Waals surface area contributed by atoms with Gasteiger partial charge < -0.3 is 19.3 Å². The van der Waals surface area contributed by atoms with E-state index < -0.39 is 11.9 Å². The molecule has 0 amide bonds. The number of aromatic nitrogens is 2. The quantitative estimate of drug-likeness (QED) is 0.594. The molecule has 0 aliphatic carbocycles. The summed E-state index contributed by atoms with van der Waals surface area (Å²) < 4.78 is 16.8. The fourth-order valence-corrected chi connectivity index (χ4v) is 3.79. The lowest BCUT2D eigenvalue weighted by molar-refractivity contribution is -0.144. The summed E-state index contributed by atoms with van der Waals surface area (Å²) in [5.74, 6) is -0.948. The molecule has 1 saturated heterocycles. The van der Waals surface area contributed by atoms with Crippen LogP contribution in [0, 0.1) is 0 Å². The molecule has 1 fully saturated rings. The first-order valence-electron chi connectivity index (χ1n) is 10.9. The van der Waals surface area contributed by atoms with E-state index in [2.05, 4.69) is 4.98 Å². The average Bonchev–Trinajstić information content (AvgIpc) is 3.04. The number of carbonyl (C=O) groups is 1. The predicted molar refractivity (Wildman–Crippen MR) is 118 cm³/mol. The molecule has 7 heteroatoms. The van der Waals surface area contributed by atoms with Crippen LogP contribution in [0.1, 0.15) is 70.4 Å². The molecule has 3 atom stereocenters. The molecule has 1 aromatic heterocycles. The zero-order valence-corrected chi connectivity index (χ0v) is 18.7. The second-order valence-corrected chi connectivity index (χ2v) is 8.25. The van der Waals surface area contributed by atoms with E-state index in [0.717, 1.165) is 17.5 Å². The minimum atomic E-state index is -0.718. The molecule has 3 rings (SSSR count). The Morgan fingerprint density at radius 2 is 1.97 bits per heavy atom. The van der Waals surface area contributed by atoms with E-state index in [1.165, 1.54) is 7.11 Å². The molecule has 7 nitrogen and oxygen atoms in total. The van der Waals surface area contributed by atoms with Crippen LogP contribution < -0.4 is 0 Å². The molecule has 1 aliphatic heterocycles. The van der Waals surface area contributed by atoms with E-state index in [4.69, 9.17) is 19.2 Å². The van der Waals surface area contributed by atoms with Gasteiger partial charge in [0, 0.05) is 6.42 Å². The van der Waals surface area contributed by atoms with Crippen LogP contribution >= 0.6 is 0 Å². The van der Waals surface area contributed by atoms with Gasteiger partial charge in [-0.25, -0.2) is 9.97 Å². The molecule has 3 unspecified atom stereocenters.